The van der Waals surface area contributed by atoms with Crippen molar-refractivity contribution in [3.05, 3.63) is 69.3 Å². The Labute approximate surface area is 187 Å². The zero-order valence-electron chi connectivity index (χ0n) is 19.1. The molecule has 0 fully saturated rings. The van der Waals surface area contributed by atoms with Crippen LogP contribution in [0.4, 0.5) is 16.2 Å². The minimum absolute atomic E-state index is 0.131. The zero-order chi connectivity index (χ0) is 23.6. The number of ether oxygens (including phenoxy) is 1. The van der Waals surface area contributed by atoms with E-state index in [1.54, 1.807) is 25.1 Å². The number of rotatable bonds is 4. The summed E-state index contributed by atoms with van der Waals surface area (Å²) in [6.45, 7) is 5.50. The smallest absolute Gasteiger partial charge is 0.410 e. The van der Waals surface area contributed by atoms with Crippen molar-refractivity contribution in [3.63, 3.8) is 0 Å². The normalized spacial score (nSPS) is 15.5. The van der Waals surface area contributed by atoms with Crippen molar-refractivity contribution in [1.82, 2.24) is 4.90 Å². The highest BCUT2D eigenvalue weighted by Crippen LogP contribution is 2.36. The summed E-state index contributed by atoms with van der Waals surface area (Å²) in [5.74, 6) is -0.346. The number of nitro groups is 1. The van der Waals surface area contributed by atoms with Gasteiger partial charge in [0.15, 0.2) is 0 Å². The lowest BCUT2D eigenvalue weighted by Crippen LogP contribution is -2.38. The van der Waals surface area contributed by atoms with Crippen molar-refractivity contribution >= 4 is 23.4 Å². The molecule has 1 unspecified atom stereocenters. The number of nitro benzene ring substituents is 1. The lowest BCUT2D eigenvalue weighted by atomic mass is 9.86. The number of anilines is 1. The van der Waals surface area contributed by atoms with E-state index in [1.807, 2.05) is 39.0 Å². The average Bonchev–Trinajstić information content (AvgIpc) is 2.75. The third-order valence-electron chi connectivity index (χ3n) is 5.56. The third kappa shape index (κ3) is 5.07. The summed E-state index contributed by atoms with van der Waals surface area (Å²) in [5.41, 5.74) is 2.30. The highest BCUT2D eigenvalue weighted by atomic mass is 16.6. The number of nitrogens with zero attached hydrogens (tertiary/aromatic N) is 3. The van der Waals surface area contributed by atoms with Crippen LogP contribution in [-0.2, 0) is 11.2 Å². The van der Waals surface area contributed by atoms with Crippen LogP contribution >= 0.6 is 0 Å². The topological polar surface area (TPSA) is 93.0 Å². The van der Waals surface area contributed by atoms with Gasteiger partial charge in [-0.25, -0.2) is 4.79 Å². The molecule has 0 N–H and O–H groups in total. The van der Waals surface area contributed by atoms with E-state index in [-0.39, 0.29) is 29.3 Å². The molecule has 2 amide bonds. The molecule has 2 aromatic rings. The molecule has 8 nitrogen and oxygen atoms in total. The van der Waals surface area contributed by atoms with E-state index < -0.39 is 10.5 Å². The summed E-state index contributed by atoms with van der Waals surface area (Å²) in [6, 6.07) is 11.3. The Morgan fingerprint density at radius 3 is 2.50 bits per heavy atom. The quantitative estimate of drug-likeness (QED) is 0.487. The molecule has 0 aliphatic heterocycles. The van der Waals surface area contributed by atoms with Crippen LogP contribution in [0.5, 0.6) is 0 Å². The van der Waals surface area contributed by atoms with Gasteiger partial charge in [-0.3, -0.25) is 14.9 Å². The van der Waals surface area contributed by atoms with E-state index in [4.69, 9.17) is 4.74 Å². The Morgan fingerprint density at radius 2 is 1.84 bits per heavy atom. The van der Waals surface area contributed by atoms with Crippen LogP contribution < -0.4 is 4.90 Å². The molecule has 0 radical (unpaired) electrons. The molecule has 1 atom stereocenters. The van der Waals surface area contributed by atoms with Crippen LogP contribution in [-0.4, -0.2) is 41.5 Å². The molecule has 0 aromatic heterocycles. The molecule has 1 aliphatic carbocycles. The number of hydrogen-bond acceptors (Lipinski definition) is 5. The van der Waals surface area contributed by atoms with Crippen LogP contribution in [0.2, 0.25) is 0 Å². The van der Waals surface area contributed by atoms with Gasteiger partial charge in [-0.1, -0.05) is 12.1 Å². The molecule has 0 saturated heterocycles. The monoisotopic (exact) mass is 439 g/mol. The van der Waals surface area contributed by atoms with Gasteiger partial charge in [-0.05, 0) is 69.4 Å². The molecule has 32 heavy (non-hydrogen) atoms. The lowest BCUT2D eigenvalue weighted by Gasteiger charge is -2.35. The summed E-state index contributed by atoms with van der Waals surface area (Å²) < 4.78 is 5.54. The largest absolute Gasteiger partial charge is 0.444 e. The predicted molar refractivity (Wildman–Crippen MR) is 122 cm³/mol. The number of amides is 2. The second-order valence-electron chi connectivity index (χ2n) is 9.05. The first-order valence-corrected chi connectivity index (χ1v) is 10.6. The van der Waals surface area contributed by atoms with Crippen LogP contribution in [0.1, 0.15) is 61.1 Å². The van der Waals surface area contributed by atoms with Gasteiger partial charge in [0.05, 0.1) is 11.0 Å². The van der Waals surface area contributed by atoms with Crippen molar-refractivity contribution in [3.8, 4) is 0 Å². The molecule has 2 aromatic carbocycles. The summed E-state index contributed by atoms with van der Waals surface area (Å²) in [6.07, 6.45) is 2.26. The number of carbonyl (C=O) groups excluding carboxylic acids is 2. The van der Waals surface area contributed by atoms with Gasteiger partial charge >= 0.3 is 6.09 Å². The van der Waals surface area contributed by atoms with E-state index >= 15 is 0 Å². The summed E-state index contributed by atoms with van der Waals surface area (Å²) >= 11 is 0. The van der Waals surface area contributed by atoms with Crippen LogP contribution in [0.3, 0.4) is 0 Å². The average molecular weight is 440 g/mol. The Bertz CT molecular complexity index is 1040. The fraction of sp³-hybridized carbons (Fsp3) is 0.417. The van der Waals surface area contributed by atoms with Gasteiger partial charge in [0.2, 0.25) is 0 Å². The number of carbonyl (C=O) groups is 2. The van der Waals surface area contributed by atoms with Crippen molar-refractivity contribution in [1.29, 1.82) is 0 Å². The molecule has 170 valence electrons. The van der Waals surface area contributed by atoms with Crippen molar-refractivity contribution in [2.45, 2.75) is 51.7 Å². The SMILES string of the molecule is CN(C(=O)c1cccc([N+](=O)[O-])c1)c1ccc2c(c1)C(N(C)C(=O)OC(C)(C)C)CCC2. The highest BCUT2D eigenvalue weighted by molar-refractivity contribution is 6.06. The number of aryl methyl sites for hydroxylation is 1. The first-order chi connectivity index (χ1) is 15.0. The summed E-state index contributed by atoms with van der Waals surface area (Å²) in [7, 11) is 3.37. The molecule has 0 bridgehead atoms. The maximum atomic E-state index is 13.0. The van der Waals surface area contributed by atoms with Crippen LogP contribution in [0.15, 0.2) is 42.5 Å². The number of fused-ring (bicyclic) bond motifs is 1. The first kappa shape index (κ1) is 23.2. The number of benzene rings is 2. The van der Waals surface area contributed by atoms with Crippen molar-refractivity contribution in [2.24, 2.45) is 0 Å². The van der Waals surface area contributed by atoms with E-state index in [2.05, 4.69) is 0 Å². The number of hydrogen-bond donors (Lipinski definition) is 0. The zero-order valence-corrected chi connectivity index (χ0v) is 19.1. The molecule has 1 aliphatic rings. The van der Waals surface area contributed by atoms with E-state index in [9.17, 15) is 19.7 Å². The molecule has 0 heterocycles. The van der Waals surface area contributed by atoms with Gasteiger partial charge in [0.1, 0.15) is 5.60 Å². The number of non-ortho nitro benzene ring substituents is 1. The Morgan fingerprint density at radius 1 is 1.12 bits per heavy atom. The Balaban J connectivity index is 1.88. The third-order valence-corrected chi connectivity index (χ3v) is 5.56. The molecular weight excluding hydrogens is 410 g/mol. The van der Waals surface area contributed by atoms with Crippen molar-refractivity contribution in [2.75, 3.05) is 19.0 Å². The van der Waals surface area contributed by atoms with E-state index in [0.717, 1.165) is 30.4 Å². The van der Waals surface area contributed by atoms with Gasteiger partial charge in [-0.15, -0.1) is 0 Å². The fourth-order valence-electron chi connectivity index (χ4n) is 3.90. The van der Waals surface area contributed by atoms with Gasteiger partial charge < -0.3 is 14.5 Å². The molecule has 8 heteroatoms. The van der Waals surface area contributed by atoms with Gasteiger partial charge in [0, 0.05) is 37.5 Å². The molecule has 3 rings (SSSR count). The molecule has 0 spiro atoms. The Kier molecular flexibility index (Phi) is 6.52. The first-order valence-electron chi connectivity index (χ1n) is 10.6. The maximum absolute atomic E-state index is 13.0. The summed E-state index contributed by atoms with van der Waals surface area (Å²) in [4.78, 5) is 39.3. The second-order valence-corrected chi connectivity index (χ2v) is 9.05. The standard InChI is InChI=1S/C24H29N3O5/c1-24(2,3)32-23(29)26(5)21-11-7-8-16-12-13-18(15-20(16)21)25(4)22(28)17-9-6-10-19(14-17)27(30)31/h6,9-10,12-15,21H,7-8,11H2,1-5H3. The van der Waals surface area contributed by atoms with Gasteiger partial charge in [0.25, 0.3) is 11.6 Å². The fourth-order valence-corrected chi connectivity index (χ4v) is 3.90. The highest BCUT2D eigenvalue weighted by Gasteiger charge is 2.30. The summed E-state index contributed by atoms with van der Waals surface area (Å²) in [5, 5.41) is 11.1. The van der Waals surface area contributed by atoms with Gasteiger partial charge in [-0.2, -0.15) is 0 Å². The predicted octanol–water partition coefficient (Wildman–Crippen LogP) is 5.12. The minimum Gasteiger partial charge on any atom is -0.444 e. The minimum atomic E-state index is -0.588. The molecule has 0 saturated carbocycles. The Hall–Kier alpha value is -3.42. The van der Waals surface area contributed by atoms with Crippen LogP contribution in [0.25, 0.3) is 0 Å². The second kappa shape index (κ2) is 8.98. The van der Waals surface area contributed by atoms with Crippen molar-refractivity contribution < 1.29 is 19.2 Å². The maximum Gasteiger partial charge on any atom is 0.410 e. The molecular formula is C24H29N3O5. The van der Waals surface area contributed by atoms with E-state index in [0.29, 0.717) is 5.69 Å². The lowest BCUT2D eigenvalue weighted by molar-refractivity contribution is -0.384. The van der Waals surface area contributed by atoms with E-state index in [1.165, 1.54) is 23.1 Å². The van der Waals surface area contributed by atoms with Crippen LogP contribution in [0, 0.1) is 10.1 Å².